The Kier molecular flexibility index (Phi) is 4.83. The second kappa shape index (κ2) is 7.22. The first-order valence-corrected chi connectivity index (χ1v) is 7.99. The lowest BCUT2D eigenvalue weighted by molar-refractivity contribution is -0.383. The number of methoxy groups -OCH3 is 1. The predicted octanol–water partition coefficient (Wildman–Crippen LogP) is 2.60. The van der Waals surface area contributed by atoms with Crippen LogP contribution in [0.25, 0.3) is 0 Å². The standard InChI is InChI=1S/C18H17N3O5/c1-26-16-9-5-4-8-15(16)20-11-12(10-17(20)22)18(23)19-13-6-2-3-7-14(13)21(24)25/h2-9,12H,10-11H2,1H3,(H,19,23). The molecule has 26 heavy (non-hydrogen) atoms. The largest absolute Gasteiger partial charge is 0.495 e. The lowest BCUT2D eigenvalue weighted by Crippen LogP contribution is -2.28. The molecule has 134 valence electrons. The van der Waals surface area contributed by atoms with Gasteiger partial charge < -0.3 is 15.0 Å². The second-order valence-electron chi connectivity index (χ2n) is 5.84. The molecule has 1 N–H and O–H groups in total. The van der Waals surface area contributed by atoms with Crippen molar-refractivity contribution in [3.63, 3.8) is 0 Å². The summed E-state index contributed by atoms with van der Waals surface area (Å²) in [7, 11) is 1.51. The van der Waals surface area contributed by atoms with Gasteiger partial charge in [-0.3, -0.25) is 19.7 Å². The number of para-hydroxylation sites is 4. The maximum atomic E-state index is 12.5. The van der Waals surface area contributed by atoms with Gasteiger partial charge in [0.25, 0.3) is 5.69 Å². The van der Waals surface area contributed by atoms with E-state index >= 15 is 0 Å². The molecule has 0 radical (unpaired) electrons. The first-order valence-electron chi connectivity index (χ1n) is 7.99. The molecule has 2 aromatic carbocycles. The molecule has 0 aliphatic carbocycles. The Labute approximate surface area is 149 Å². The average Bonchev–Trinajstić information content (AvgIpc) is 3.03. The molecule has 8 heteroatoms. The summed E-state index contributed by atoms with van der Waals surface area (Å²) in [6.07, 6.45) is 0.0323. The number of nitro groups is 1. The maximum absolute atomic E-state index is 12.5. The SMILES string of the molecule is COc1ccccc1N1CC(C(=O)Nc2ccccc2[N+](=O)[O-])CC1=O. The van der Waals surface area contributed by atoms with Gasteiger partial charge in [0.15, 0.2) is 0 Å². The number of nitro benzene ring substituents is 1. The molecule has 1 heterocycles. The molecule has 0 saturated carbocycles. The molecule has 2 aromatic rings. The smallest absolute Gasteiger partial charge is 0.292 e. The molecular weight excluding hydrogens is 338 g/mol. The molecule has 1 fully saturated rings. The Morgan fingerprint density at radius 2 is 1.92 bits per heavy atom. The number of anilines is 2. The van der Waals surface area contributed by atoms with Crippen molar-refractivity contribution in [1.82, 2.24) is 0 Å². The number of rotatable bonds is 5. The van der Waals surface area contributed by atoms with E-state index in [-0.39, 0.29) is 30.2 Å². The van der Waals surface area contributed by atoms with Crippen molar-refractivity contribution in [2.45, 2.75) is 6.42 Å². The van der Waals surface area contributed by atoms with E-state index in [4.69, 9.17) is 4.74 Å². The van der Waals surface area contributed by atoms with Gasteiger partial charge in [-0.25, -0.2) is 0 Å². The Morgan fingerprint density at radius 3 is 2.65 bits per heavy atom. The highest BCUT2D eigenvalue weighted by molar-refractivity contribution is 6.04. The van der Waals surface area contributed by atoms with Gasteiger partial charge in [0.2, 0.25) is 11.8 Å². The number of amides is 2. The summed E-state index contributed by atoms with van der Waals surface area (Å²) in [4.78, 5) is 36.9. The van der Waals surface area contributed by atoms with Crippen LogP contribution in [0.4, 0.5) is 17.1 Å². The first-order chi connectivity index (χ1) is 12.5. The molecule has 0 bridgehead atoms. The highest BCUT2D eigenvalue weighted by Crippen LogP contribution is 2.33. The van der Waals surface area contributed by atoms with E-state index in [1.54, 1.807) is 30.3 Å². The van der Waals surface area contributed by atoms with Gasteiger partial charge in [-0.2, -0.15) is 0 Å². The van der Waals surface area contributed by atoms with E-state index in [1.807, 2.05) is 0 Å². The molecular formula is C18H17N3O5. The fourth-order valence-corrected chi connectivity index (χ4v) is 2.94. The van der Waals surface area contributed by atoms with Crippen LogP contribution in [0.15, 0.2) is 48.5 Å². The molecule has 1 aliphatic rings. The summed E-state index contributed by atoms with van der Waals surface area (Å²) in [5.41, 5.74) is 0.526. The third kappa shape index (κ3) is 3.34. The van der Waals surface area contributed by atoms with Crippen LogP contribution in [-0.4, -0.2) is 30.4 Å². The zero-order chi connectivity index (χ0) is 18.7. The van der Waals surface area contributed by atoms with Crippen molar-refractivity contribution < 1.29 is 19.2 Å². The normalized spacial score (nSPS) is 16.4. The third-order valence-electron chi connectivity index (χ3n) is 4.23. The predicted molar refractivity (Wildman–Crippen MR) is 95.2 cm³/mol. The average molecular weight is 355 g/mol. The minimum atomic E-state index is -0.604. The molecule has 1 aliphatic heterocycles. The number of benzene rings is 2. The molecule has 1 saturated heterocycles. The zero-order valence-electron chi connectivity index (χ0n) is 14.0. The highest BCUT2D eigenvalue weighted by atomic mass is 16.6. The first kappa shape index (κ1) is 17.4. The summed E-state index contributed by atoms with van der Waals surface area (Å²) in [5, 5.41) is 13.6. The summed E-state index contributed by atoms with van der Waals surface area (Å²) in [6.45, 7) is 0.186. The van der Waals surface area contributed by atoms with Crippen LogP contribution in [0.3, 0.4) is 0 Å². The molecule has 2 amide bonds. The van der Waals surface area contributed by atoms with E-state index in [0.717, 1.165) is 0 Å². The van der Waals surface area contributed by atoms with Gasteiger partial charge in [-0.05, 0) is 18.2 Å². The van der Waals surface area contributed by atoms with Crippen LogP contribution < -0.4 is 15.0 Å². The van der Waals surface area contributed by atoms with Crippen molar-refractivity contribution in [1.29, 1.82) is 0 Å². The van der Waals surface area contributed by atoms with Crippen LogP contribution >= 0.6 is 0 Å². The van der Waals surface area contributed by atoms with Gasteiger partial charge >= 0.3 is 0 Å². The van der Waals surface area contributed by atoms with Crippen molar-refractivity contribution >= 4 is 28.9 Å². The Balaban J connectivity index is 1.77. The van der Waals surface area contributed by atoms with E-state index in [0.29, 0.717) is 11.4 Å². The van der Waals surface area contributed by atoms with E-state index < -0.39 is 16.7 Å². The molecule has 3 rings (SSSR count). The van der Waals surface area contributed by atoms with Crippen LogP contribution in [0.1, 0.15) is 6.42 Å². The number of carbonyl (C=O) groups excluding carboxylic acids is 2. The third-order valence-corrected chi connectivity index (χ3v) is 4.23. The number of carbonyl (C=O) groups is 2. The highest BCUT2D eigenvalue weighted by Gasteiger charge is 2.36. The quantitative estimate of drug-likeness (QED) is 0.656. The van der Waals surface area contributed by atoms with Crippen LogP contribution in [0.5, 0.6) is 5.75 Å². The number of hydrogen-bond donors (Lipinski definition) is 1. The number of ether oxygens (including phenoxy) is 1. The van der Waals surface area contributed by atoms with Crippen LogP contribution in [0.2, 0.25) is 0 Å². The molecule has 0 aromatic heterocycles. The molecule has 8 nitrogen and oxygen atoms in total. The zero-order valence-corrected chi connectivity index (χ0v) is 14.0. The summed E-state index contributed by atoms with van der Waals surface area (Å²) in [6, 6.07) is 13.0. The van der Waals surface area contributed by atoms with Gasteiger partial charge in [0.1, 0.15) is 11.4 Å². The topological polar surface area (TPSA) is 102 Å². The molecule has 0 spiro atoms. The Morgan fingerprint density at radius 1 is 1.23 bits per heavy atom. The number of nitrogens with zero attached hydrogens (tertiary/aromatic N) is 2. The summed E-state index contributed by atoms with van der Waals surface area (Å²) < 4.78 is 5.27. The molecule has 1 unspecified atom stereocenters. The monoisotopic (exact) mass is 355 g/mol. The fraction of sp³-hybridized carbons (Fsp3) is 0.222. The van der Waals surface area contributed by atoms with Gasteiger partial charge in [0.05, 0.1) is 23.6 Å². The van der Waals surface area contributed by atoms with Gasteiger partial charge in [-0.1, -0.05) is 24.3 Å². The summed E-state index contributed by atoms with van der Waals surface area (Å²) >= 11 is 0. The van der Waals surface area contributed by atoms with Gasteiger partial charge in [-0.15, -0.1) is 0 Å². The van der Waals surface area contributed by atoms with Crippen molar-refractivity contribution in [3.8, 4) is 5.75 Å². The van der Waals surface area contributed by atoms with E-state index in [9.17, 15) is 19.7 Å². The van der Waals surface area contributed by atoms with E-state index in [2.05, 4.69) is 5.32 Å². The van der Waals surface area contributed by atoms with Crippen LogP contribution in [0, 0.1) is 16.0 Å². The lowest BCUT2D eigenvalue weighted by Gasteiger charge is -2.19. The fourth-order valence-electron chi connectivity index (χ4n) is 2.94. The van der Waals surface area contributed by atoms with Crippen molar-refractivity contribution in [3.05, 3.63) is 58.6 Å². The molecule has 1 atom stereocenters. The van der Waals surface area contributed by atoms with Crippen molar-refractivity contribution in [2.75, 3.05) is 23.9 Å². The van der Waals surface area contributed by atoms with Crippen LogP contribution in [-0.2, 0) is 9.59 Å². The Hall–Kier alpha value is -3.42. The summed E-state index contributed by atoms with van der Waals surface area (Å²) in [5.74, 6) is -0.685. The van der Waals surface area contributed by atoms with E-state index in [1.165, 1.54) is 30.2 Å². The maximum Gasteiger partial charge on any atom is 0.292 e. The second-order valence-corrected chi connectivity index (χ2v) is 5.84. The van der Waals surface area contributed by atoms with Crippen molar-refractivity contribution in [2.24, 2.45) is 5.92 Å². The number of hydrogen-bond acceptors (Lipinski definition) is 5. The minimum absolute atomic E-state index is 0.0323. The number of nitrogens with one attached hydrogen (secondary N) is 1. The van der Waals surface area contributed by atoms with Gasteiger partial charge in [0, 0.05) is 19.0 Å². The Bertz CT molecular complexity index is 867. The lowest BCUT2D eigenvalue weighted by atomic mass is 10.1. The minimum Gasteiger partial charge on any atom is -0.495 e.